The van der Waals surface area contributed by atoms with Gasteiger partial charge in [-0.3, -0.25) is 4.79 Å². The standard InChI is InChI=1S/C14H19FN2O2/c1-4-7-17-14(18)10(3)19-13-6-5-11(9(2)16)8-12(13)15/h4-6,8-10H,1,7,16H2,2-3H3,(H,17,18). The van der Waals surface area contributed by atoms with Gasteiger partial charge >= 0.3 is 0 Å². The largest absolute Gasteiger partial charge is 0.478 e. The normalized spacial score (nSPS) is 13.5. The molecule has 0 heterocycles. The predicted molar refractivity (Wildman–Crippen MR) is 72.3 cm³/mol. The van der Waals surface area contributed by atoms with Crippen molar-refractivity contribution in [3.05, 3.63) is 42.2 Å². The van der Waals surface area contributed by atoms with Gasteiger partial charge in [-0.1, -0.05) is 12.1 Å². The van der Waals surface area contributed by atoms with Crippen molar-refractivity contribution in [3.8, 4) is 5.75 Å². The zero-order valence-corrected chi connectivity index (χ0v) is 11.2. The maximum atomic E-state index is 13.8. The van der Waals surface area contributed by atoms with Crippen molar-refractivity contribution in [1.82, 2.24) is 5.32 Å². The molecule has 0 aliphatic rings. The molecule has 0 saturated carbocycles. The first-order chi connectivity index (χ1) is 8.95. The van der Waals surface area contributed by atoms with E-state index in [1.807, 2.05) is 0 Å². The molecule has 0 bridgehead atoms. The van der Waals surface area contributed by atoms with E-state index in [0.29, 0.717) is 12.1 Å². The summed E-state index contributed by atoms with van der Waals surface area (Å²) in [6, 6.07) is 4.22. The Kier molecular flexibility index (Phi) is 5.51. The maximum Gasteiger partial charge on any atom is 0.261 e. The molecule has 0 aliphatic carbocycles. The number of amides is 1. The Morgan fingerprint density at radius 1 is 1.58 bits per heavy atom. The lowest BCUT2D eigenvalue weighted by Crippen LogP contribution is -2.36. The molecule has 0 radical (unpaired) electrons. The molecule has 5 heteroatoms. The van der Waals surface area contributed by atoms with E-state index in [2.05, 4.69) is 11.9 Å². The molecule has 1 rings (SSSR count). The first-order valence-corrected chi connectivity index (χ1v) is 6.06. The minimum Gasteiger partial charge on any atom is -0.478 e. The number of carbonyl (C=O) groups excluding carboxylic acids is 1. The third-order valence-corrected chi connectivity index (χ3v) is 2.58. The first-order valence-electron chi connectivity index (χ1n) is 6.06. The number of ether oxygens (including phenoxy) is 1. The van der Waals surface area contributed by atoms with E-state index in [1.54, 1.807) is 26.0 Å². The van der Waals surface area contributed by atoms with Gasteiger partial charge in [-0.2, -0.15) is 0 Å². The Labute approximate surface area is 112 Å². The summed E-state index contributed by atoms with van der Waals surface area (Å²) in [5.74, 6) is -0.820. The number of carbonyl (C=O) groups is 1. The van der Waals surface area contributed by atoms with Gasteiger partial charge in [-0.15, -0.1) is 6.58 Å². The summed E-state index contributed by atoms with van der Waals surface area (Å²) in [7, 11) is 0. The fourth-order valence-corrected chi connectivity index (χ4v) is 1.46. The van der Waals surface area contributed by atoms with Gasteiger partial charge in [-0.05, 0) is 31.5 Å². The molecule has 0 aliphatic heterocycles. The number of rotatable bonds is 6. The lowest BCUT2D eigenvalue weighted by atomic mass is 10.1. The predicted octanol–water partition coefficient (Wildman–Crippen LogP) is 1.91. The van der Waals surface area contributed by atoms with Crippen LogP contribution < -0.4 is 15.8 Å². The summed E-state index contributed by atoms with van der Waals surface area (Å²) in [6.45, 7) is 7.15. The van der Waals surface area contributed by atoms with Crippen molar-refractivity contribution in [2.45, 2.75) is 26.0 Å². The van der Waals surface area contributed by atoms with Crippen molar-refractivity contribution in [2.24, 2.45) is 5.73 Å². The molecule has 1 amide bonds. The average Bonchev–Trinajstić information content (AvgIpc) is 2.37. The second-order valence-electron chi connectivity index (χ2n) is 4.27. The van der Waals surface area contributed by atoms with Gasteiger partial charge in [0.05, 0.1) is 0 Å². The van der Waals surface area contributed by atoms with Crippen molar-refractivity contribution in [2.75, 3.05) is 6.54 Å². The summed E-state index contributed by atoms with van der Waals surface area (Å²) in [5, 5.41) is 2.58. The number of hydrogen-bond acceptors (Lipinski definition) is 3. The Bertz CT molecular complexity index is 461. The van der Waals surface area contributed by atoms with Crippen LogP contribution in [0.1, 0.15) is 25.5 Å². The van der Waals surface area contributed by atoms with Gasteiger partial charge in [0.1, 0.15) is 0 Å². The molecule has 1 aromatic rings. The summed E-state index contributed by atoms with van der Waals surface area (Å²) in [5.41, 5.74) is 6.33. The Morgan fingerprint density at radius 2 is 2.26 bits per heavy atom. The molecule has 1 aromatic carbocycles. The van der Waals surface area contributed by atoms with E-state index in [4.69, 9.17) is 10.5 Å². The third kappa shape index (κ3) is 4.37. The Balaban J connectivity index is 2.71. The van der Waals surface area contributed by atoms with E-state index in [-0.39, 0.29) is 17.7 Å². The second kappa shape index (κ2) is 6.89. The lowest BCUT2D eigenvalue weighted by Gasteiger charge is -2.15. The zero-order valence-electron chi connectivity index (χ0n) is 11.2. The lowest BCUT2D eigenvalue weighted by molar-refractivity contribution is -0.127. The molecule has 4 nitrogen and oxygen atoms in total. The van der Waals surface area contributed by atoms with Crippen LogP contribution in [0.25, 0.3) is 0 Å². The topological polar surface area (TPSA) is 64.3 Å². The fraction of sp³-hybridized carbons (Fsp3) is 0.357. The van der Waals surface area contributed by atoms with Crippen LogP contribution in [0, 0.1) is 5.82 Å². The van der Waals surface area contributed by atoms with Gasteiger partial charge in [-0.25, -0.2) is 4.39 Å². The van der Waals surface area contributed by atoms with Gasteiger partial charge < -0.3 is 15.8 Å². The number of nitrogens with one attached hydrogen (secondary N) is 1. The van der Waals surface area contributed by atoms with Gasteiger partial charge in [0.15, 0.2) is 17.7 Å². The summed E-state index contributed by atoms with van der Waals surface area (Å²) in [6.07, 6.45) is 0.776. The number of halogens is 1. The van der Waals surface area contributed by atoms with Crippen LogP contribution in [-0.4, -0.2) is 18.6 Å². The van der Waals surface area contributed by atoms with E-state index in [9.17, 15) is 9.18 Å². The van der Waals surface area contributed by atoms with Crippen LogP contribution in [-0.2, 0) is 4.79 Å². The van der Waals surface area contributed by atoms with Gasteiger partial charge in [0, 0.05) is 12.6 Å². The van der Waals surface area contributed by atoms with Crippen molar-refractivity contribution in [1.29, 1.82) is 0 Å². The molecule has 3 N–H and O–H groups in total. The number of nitrogens with two attached hydrogens (primary N) is 1. The number of hydrogen-bond donors (Lipinski definition) is 2. The SMILES string of the molecule is C=CCNC(=O)C(C)Oc1ccc(C(C)N)cc1F. The van der Waals surface area contributed by atoms with Crippen LogP contribution in [0.5, 0.6) is 5.75 Å². The summed E-state index contributed by atoms with van der Waals surface area (Å²) in [4.78, 5) is 11.6. The highest BCUT2D eigenvalue weighted by molar-refractivity contribution is 5.80. The van der Waals surface area contributed by atoms with Crippen molar-refractivity contribution < 1.29 is 13.9 Å². The highest BCUT2D eigenvalue weighted by atomic mass is 19.1. The third-order valence-electron chi connectivity index (χ3n) is 2.58. The maximum absolute atomic E-state index is 13.8. The Morgan fingerprint density at radius 3 is 2.79 bits per heavy atom. The van der Waals surface area contributed by atoms with Crippen LogP contribution in [0.3, 0.4) is 0 Å². The van der Waals surface area contributed by atoms with E-state index in [0.717, 1.165) is 0 Å². The highest BCUT2D eigenvalue weighted by Crippen LogP contribution is 2.22. The minimum absolute atomic E-state index is 0.0330. The second-order valence-corrected chi connectivity index (χ2v) is 4.27. The van der Waals surface area contributed by atoms with Crippen molar-refractivity contribution in [3.63, 3.8) is 0 Å². The first kappa shape index (κ1) is 15.2. The molecule has 0 spiro atoms. The molecule has 0 aromatic heterocycles. The fourth-order valence-electron chi connectivity index (χ4n) is 1.46. The summed E-state index contributed by atoms with van der Waals surface area (Å²) >= 11 is 0. The molecule has 0 saturated heterocycles. The van der Waals surface area contributed by atoms with Crippen molar-refractivity contribution >= 4 is 5.91 Å². The zero-order chi connectivity index (χ0) is 14.4. The van der Waals surface area contributed by atoms with Crippen LogP contribution in [0.15, 0.2) is 30.9 Å². The summed E-state index contributed by atoms with van der Waals surface area (Å²) < 4.78 is 19.0. The molecule has 104 valence electrons. The van der Waals surface area contributed by atoms with E-state index < -0.39 is 11.9 Å². The van der Waals surface area contributed by atoms with Crippen LogP contribution >= 0.6 is 0 Å². The monoisotopic (exact) mass is 266 g/mol. The molecule has 2 unspecified atom stereocenters. The minimum atomic E-state index is -0.782. The average molecular weight is 266 g/mol. The van der Waals surface area contributed by atoms with E-state index in [1.165, 1.54) is 12.1 Å². The quantitative estimate of drug-likeness (QED) is 0.773. The van der Waals surface area contributed by atoms with Crippen LogP contribution in [0.2, 0.25) is 0 Å². The molecular weight excluding hydrogens is 247 g/mol. The van der Waals surface area contributed by atoms with Gasteiger partial charge in [0.2, 0.25) is 0 Å². The van der Waals surface area contributed by atoms with Gasteiger partial charge in [0.25, 0.3) is 5.91 Å². The molecule has 19 heavy (non-hydrogen) atoms. The smallest absolute Gasteiger partial charge is 0.261 e. The number of benzene rings is 1. The molecular formula is C14H19FN2O2. The molecule has 0 fully saturated rings. The Hall–Kier alpha value is -1.88. The van der Waals surface area contributed by atoms with E-state index >= 15 is 0 Å². The van der Waals surface area contributed by atoms with Crippen LogP contribution in [0.4, 0.5) is 4.39 Å². The molecule has 2 atom stereocenters. The highest BCUT2D eigenvalue weighted by Gasteiger charge is 2.16.